The van der Waals surface area contributed by atoms with Crippen LogP contribution in [-0.4, -0.2) is 36.7 Å². The van der Waals surface area contributed by atoms with Gasteiger partial charge in [-0.15, -0.1) is 0 Å². The van der Waals surface area contributed by atoms with Gasteiger partial charge in [-0.1, -0.05) is 26.0 Å². The predicted molar refractivity (Wildman–Crippen MR) is 78.5 cm³/mol. The summed E-state index contributed by atoms with van der Waals surface area (Å²) in [5.74, 6) is -0.679. The number of hydrogen-bond donors (Lipinski definition) is 0. The fraction of sp³-hybridized carbons (Fsp3) is 0.562. The number of amides is 1. The normalized spacial score (nSPS) is 13.3. The molecule has 0 unspecified atom stereocenters. The van der Waals surface area contributed by atoms with Crippen LogP contribution in [0.4, 0.5) is 13.2 Å². The monoisotopic (exact) mass is 317 g/mol. The Morgan fingerprint density at radius 2 is 1.73 bits per heavy atom. The van der Waals surface area contributed by atoms with Crippen LogP contribution in [0.1, 0.15) is 36.7 Å². The van der Waals surface area contributed by atoms with E-state index < -0.39 is 24.7 Å². The standard InChI is InChI=1S/C16H22F3NO2/c1-11(2)12(3)20(10-16(17,18)19)15(21)14-7-5-13(6-8-14)9-22-4/h5-8,11-12H,9-10H2,1-4H3/t12-/m1/s1. The van der Waals surface area contributed by atoms with Crippen molar-refractivity contribution in [3.63, 3.8) is 0 Å². The number of ether oxygens (including phenoxy) is 1. The van der Waals surface area contributed by atoms with E-state index in [1.807, 2.05) is 0 Å². The summed E-state index contributed by atoms with van der Waals surface area (Å²) in [5, 5.41) is 0. The van der Waals surface area contributed by atoms with Gasteiger partial charge in [0.2, 0.25) is 0 Å². The maximum atomic E-state index is 12.8. The van der Waals surface area contributed by atoms with Crippen molar-refractivity contribution in [1.29, 1.82) is 0 Å². The number of benzene rings is 1. The van der Waals surface area contributed by atoms with Crippen LogP contribution >= 0.6 is 0 Å². The van der Waals surface area contributed by atoms with Crippen LogP contribution in [0.3, 0.4) is 0 Å². The first-order chi connectivity index (χ1) is 10.2. The Hall–Kier alpha value is -1.56. The first kappa shape index (κ1) is 18.5. The van der Waals surface area contributed by atoms with Crippen molar-refractivity contribution in [3.8, 4) is 0 Å². The fourth-order valence-electron chi connectivity index (χ4n) is 2.03. The number of methoxy groups -OCH3 is 1. The number of carbonyl (C=O) groups excluding carboxylic acids is 1. The quantitative estimate of drug-likeness (QED) is 0.797. The maximum Gasteiger partial charge on any atom is 0.406 e. The SMILES string of the molecule is COCc1ccc(C(=O)N(CC(F)(F)F)[C@H](C)C(C)C)cc1. The van der Waals surface area contributed by atoms with Crippen LogP contribution in [0.2, 0.25) is 0 Å². The molecule has 0 saturated heterocycles. The highest BCUT2D eigenvalue weighted by Gasteiger charge is 2.36. The van der Waals surface area contributed by atoms with E-state index in [1.54, 1.807) is 40.0 Å². The second-order valence-electron chi connectivity index (χ2n) is 5.66. The molecule has 1 amide bonds. The van der Waals surface area contributed by atoms with Crippen LogP contribution in [0, 0.1) is 5.92 Å². The summed E-state index contributed by atoms with van der Waals surface area (Å²) in [6.45, 7) is 4.37. The van der Waals surface area contributed by atoms with Crippen LogP contribution in [-0.2, 0) is 11.3 Å². The van der Waals surface area contributed by atoms with E-state index in [0.29, 0.717) is 6.61 Å². The molecule has 0 radical (unpaired) electrons. The van der Waals surface area contributed by atoms with E-state index in [2.05, 4.69) is 0 Å². The summed E-state index contributed by atoms with van der Waals surface area (Å²) < 4.78 is 43.2. The lowest BCUT2D eigenvalue weighted by molar-refractivity contribution is -0.145. The van der Waals surface area contributed by atoms with Crippen molar-refractivity contribution in [2.45, 2.75) is 39.6 Å². The number of halogens is 3. The summed E-state index contributed by atoms with van der Waals surface area (Å²) >= 11 is 0. The van der Waals surface area contributed by atoms with Gasteiger partial charge in [-0.2, -0.15) is 13.2 Å². The van der Waals surface area contributed by atoms with Gasteiger partial charge in [0, 0.05) is 18.7 Å². The number of alkyl halides is 3. The molecule has 1 aromatic rings. The second-order valence-corrected chi connectivity index (χ2v) is 5.66. The summed E-state index contributed by atoms with van der Waals surface area (Å²) in [6, 6.07) is 5.93. The van der Waals surface area contributed by atoms with E-state index in [0.717, 1.165) is 10.5 Å². The van der Waals surface area contributed by atoms with E-state index >= 15 is 0 Å². The molecular weight excluding hydrogens is 295 g/mol. The minimum absolute atomic E-state index is 0.0703. The van der Waals surface area contributed by atoms with Gasteiger partial charge < -0.3 is 9.64 Å². The molecular formula is C16H22F3NO2. The minimum atomic E-state index is -4.42. The highest BCUT2D eigenvalue weighted by Crippen LogP contribution is 2.23. The van der Waals surface area contributed by atoms with Crippen molar-refractivity contribution in [1.82, 2.24) is 4.90 Å². The topological polar surface area (TPSA) is 29.5 Å². The number of hydrogen-bond acceptors (Lipinski definition) is 2. The number of rotatable bonds is 6. The highest BCUT2D eigenvalue weighted by molar-refractivity contribution is 5.94. The summed E-state index contributed by atoms with van der Waals surface area (Å²) in [6.07, 6.45) is -4.42. The average Bonchev–Trinajstić information content (AvgIpc) is 2.43. The Morgan fingerprint density at radius 1 is 1.18 bits per heavy atom. The lowest BCUT2D eigenvalue weighted by Gasteiger charge is -2.32. The van der Waals surface area contributed by atoms with Crippen LogP contribution < -0.4 is 0 Å². The highest BCUT2D eigenvalue weighted by atomic mass is 19.4. The molecule has 3 nitrogen and oxygen atoms in total. The predicted octanol–water partition coefficient (Wildman–Crippen LogP) is 3.88. The fourth-order valence-corrected chi connectivity index (χ4v) is 2.03. The van der Waals surface area contributed by atoms with Gasteiger partial charge in [-0.05, 0) is 30.5 Å². The minimum Gasteiger partial charge on any atom is -0.380 e. The molecule has 0 spiro atoms. The second kappa shape index (κ2) is 7.63. The van der Waals surface area contributed by atoms with Crippen molar-refractivity contribution < 1.29 is 22.7 Å². The average molecular weight is 317 g/mol. The van der Waals surface area contributed by atoms with Crippen molar-refractivity contribution in [3.05, 3.63) is 35.4 Å². The van der Waals surface area contributed by atoms with Gasteiger partial charge in [0.05, 0.1) is 6.61 Å². The van der Waals surface area contributed by atoms with Gasteiger partial charge >= 0.3 is 6.18 Å². The molecule has 0 saturated carbocycles. The van der Waals surface area contributed by atoms with E-state index in [4.69, 9.17) is 4.74 Å². The third-order valence-electron chi connectivity index (χ3n) is 3.58. The Bertz CT molecular complexity index is 483. The Morgan fingerprint density at radius 3 is 2.14 bits per heavy atom. The Balaban J connectivity index is 3.00. The maximum absolute atomic E-state index is 12.8. The van der Waals surface area contributed by atoms with Crippen molar-refractivity contribution in [2.24, 2.45) is 5.92 Å². The first-order valence-corrected chi connectivity index (χ1v) is 7.11. The van der Waals surface area contributed by atoms with Crippen LogP contribution in [0.5, 0.6) is 0 Å². The largest absolute Gasteiger partial charge is 0.406 e. The number of nitrogens with zero attached hydrogens (tertiary/aromatic N) is 1. The molecule has 0 aliphatic carbocycles. The summed E-state index contributed by atoms with van der Waals surface area (Å²) in [4.78, 5) is 13.3. The molecule has 0 heterocycles. The summed E-state index contributed by atoms with van der Waals surface area (Å²) in [5.41, 5.74) is 1.11. The molecule has 0 aliphatic heterocycles. The Labute approximate surface area is 129 Å². The van der Waals surface area contributed by atoms with Crippen molar-refractivity contribution in [2.75, 3.05) is 13.7 Å². The van der Waals surface area contributed by atoms with E-state index in [-0.39, 0.29) is 11.5 Å². The molecule has 1 atom stereocenters. The van der Waals surface area contributed by atoms with Crippen molar-refractivity contribution >= 4 is 5.91 Å². The van der Waals surface area contributed by atoms with Gasteiger partial charge in [0.1, 0.15) is 6.54 Å². The molecule has 0 aliphatic rings. The van der Waals surface area contributed by atoms with Gasteiger partial charge in [0.15, 0.2) is 0 Å². The molecule has 22 heavy (non-hydrogen) atoms. The molecule has 124 valence electrons. The zero-order chi connectivity index (χ0) is 16.9. The molecule has 1 rings (SSSR count). The lowest BCUT2D eigenvalue weighted by atomic mass is 10.0. The molecule has 0 bridgehead atoms. The third-order valence-corrected chi connectivity index (χ3v) is 3.58. The molecule has 1 aromatic carbocycles. The zero-order valence-corrected chi connectivity index (χ0v) is 13.3. The smallest absolute Gasteiger partial charge is 0.380 e. The van der Waals surface area contributed by atoms with Gasteiger partial charge in [0.25, 0.3) is 5.91 Å². The van der Waals surface area contributed by atoms with E-state index in [9.17, 15) is 18.0 Å². The van der Waals surface area contributed by atoms with Gasteiger partial charge in [-0.25, -0.2) is 0 Å². The summed E-state index contributed by atoms with van der Waals surface area (Å²) in [7, 11) is 1.55. The number of carbonyl (C=O) groups is 1. The lowest BCUT2D eigenvalue weighted by Crippen LogP contribution is -2.46. The molecule has 6 heteroatoms. The Kier molecular flexibility index (Phi) is 6.41. The third kappa shape index (κ3) is 5.33. The van der Waals surface area contributed by atoms with Crippen LogP contribution in [0.15, 0.2) is 24.3 Å². The molecule has 0 aromatic heterocycles. The first-order valence-electron chi connectivity index (χ1n) is 7.11. The van der Waals surface area contributed by atoms with E-state index in [1.165, 1.54) is 12.1 Å². The molecule has 0 fully saturated rings. The zero-order valence-electron chi connectivity index (χ0n) is 13.3. The van der Waals surface area contributed by atoms with Gasteiger partial charge in [-0.3, -0.25) is 4.79 Å². The van der Waals surface area contributed by atoms with Crippen LogP contribution in [0.25, 0.3) is 0 Å². The molecule has 0 N–H and O–H groups in total.